The van der Waals surface area contributed by atoms with E-state index in [2.05, 4.69) is 5.32 Å². The molecule has 2 aromatic carbocycles. The average molecular weight is 330 g/mol. The van der Waals surface area contributed by atoms with Crippen LogP contribution in [0.5, 0.6) is 0 Å². The maximum atomic E-state index is 13.4. The lowest BCUT2D eigenvalue weighted by atomic mass is 9.91. The molecular weight excluding hydrogens is 311 g/mol. The maximum Gasteiger partial charge on any atom is 0.306 e. The van der Waals surface area contributed by atoms with Gasteiger partial charge in [0.15, 0.2) is 5.78 Å². The fraction of sp³-hybridized carbons (Fsp3) is 0.278. The zero-order valence-corrected chi connectivity index (χ0v) is 14.1. The predicted molar refractivity (Wildman–Crippen MR) is 91.0 cm³/mol. The van der Waals surface area contributed by atoms with E-state index in [0.717, 1.165) is 28.3 Å². The van der Waals surface area contributed by atoms with Crippen LogP contribution >= 0.6 is 0 Å². The van der Waals surface area contributed by atoms with Crippen LogP contribution in [0.4, 0.5) is 15.8 Å². The number of hydrogen-bond acceptors (Lipinski definition) is 4. The molecule has 0 radical (unpaired) electrons. The highest BCUT2D eigenvalue weighted by molar-refractivity contribution is 5.97. The van der Waals surface area contributed by atoms with Crippen LogP contribution < -0.4 is 5.32 Å². The van der Waals surface area contributed by atoms with E-state index in [-0.39, 0.29) is 5.78 Å². The maximum absolute atomic E-state index is 13.4. The van der Waals surface area contributed by atoms with Crippen molar-refractivity contribution in [2.45, 2.75) is 34.2 Å². The molecule has 1 N–H and O–H groups in total. The van der Waals surface area contributed by atoms with Crippen molar-refractivity contribution in [3.05, 3.63) is 68.0 Å². The largest absolute Gasteiger partial charge is 0.381 e. The van der Waals surface area contributed by atoms with Gasteiger partial charge in [-0.1, -0.05) is 6.07 Å². The Morgan fingerprint density at radius 2 is 1.88 bits per heavy atom. The first kappa shape index (κ1) is 17.6. The second kappa shape index (κ2) is 6.78. The summed E-state index contributed by atoms with van der Waals surface area (Å²) in [5, 5.41) is 13.9. The molecule has 0 heterocycles. The van der Waals surface area contributed by atoms with E-state index in [1.165, 1.54) is 19.1 Å². The Bertz CT molecular complexity index is 831. The fourth-order valence-corrected chi connectivity index (χ4v) is 2.99. The van der Waals surface area contributed by atoms with Crippen molar-refractivity contribution in [3.63, 3.8) is 0 Å². The number of aryl methyl sites for hydroxylation is 2. The zero-order valence-electron chi connectivity index (χ0n) is 14.1. The number of benzene rings is 2. The summed E-state index contributed by atoms with van der Waals surface area (Å²) in [6.45, 7) is 7.67. The molecule has 24 heavy (non-hydrogen) atoms. The number of nitro groups is 1. The fourth-order valence-electron chi connectivity index (χ4n) is 2.99. The SMILES string of the molecule is CC(=O)c1c(C)cc(C)c(CNc2ccc(F)c([N+](=O)[O-])c2)c1C. The van der Waals surface area contributed by atoms with Gasteiger partial charge in [-0.15, -0.1) is 0 Å². The van der Waals surface area contributed by atoms with Crippen molar-refractivity contribution in [1.82, 2.24) is 0 Å². The zero-order chi connectivity index (χ0) is 18.0. The van der Waals surface area contributed by atoms with Gasteiger partial charge in [0.1, 0.15) is 0 Å². The molecule has 2 rings (SSSR count). The number of nitrogens with one attached hydrogen (secondary N) is 1. The van der Waals surface area contributed by atoms with Crippen LogP contribution in [0.1, 0.15) is 39.5 Å². The quantitative estimate of drug-likeness (QED) is 0.498. The van der Waals surface area contributed by atoms with E-state index in [4.69, 9.17) is 0 Å². The first-order valence-corrected chi connectivity index (χ1v) is 7.50. The van der Waals surface area contributed by atoms with Crippen molar-refractivity contribution in [2.75, 3.05) is 5.32 Å². The Hall–Kier alpha value is -2.76. The van der Waals surface area contributed by atoms with Crippen molar-refractivity contribution >= 4 is 17.2 Å². The standard InChI is InChI=1S/C18H19FN2O3/c1-10-7-11(2)18(13(4)22)12(3)15(10)9-20-14-5-6-16(19)17(8-14)21(23)24/h5-8,20H,9H2,1-4H3. The molecule has 0 saturated heterocycles. The average Bonchev–Trinajstić information content (AvgIpc) is 2.47. The van der Waals surface area contributed by atoms with Crippen molar-refractivity contribution in [2.24, 2.45) is 0 Å². The number of nitrogens with zero attached hydrogens (tertiary/aromatic N) is 1. The third-order valence-electron chi connectivity index (χ3n) is 4.10. The summed E-state index contributed by atoms with van der Waals surface area (Å²) >= 11 is 0. The van der Waals surface area contributed by atoms with E-state index >= 15 is 0 Å². The van der Waals surface area contributed by atoms with Gasteiger partial charge in [0, 0.05) is 23.9 Å². The van der Waals surface area contributed by atoms with Gasteiger partial charge in [-0.05, 0) is 62.1 Å². The van der Waals surface area contributed by atoms with Crippen molar-refractivity contribution in [1.29, 1.82) is 0 Å². The number of nitro benzene ring substituents is 1. The molecule has 126 valence electrons. The summed E-state index contributed by atoms with van der Waals surface area (Å²) in [5.74, 6) is -0.865. The number of ketones is 1. The van der Waals surface area contributed by atoms with Gasteiger partial charge >= 0.3 is 5.69 Å². The lowest BCUT2D eigenvalue weighted by molar-refractivity contribution is -0.387. The van der Waals surface area contributed by atoms with Crippen LogP contribution in [0.25, 0.3) is 0 Å². The molecule has 5 nitrogen and oxygen atoms in total. The Morgan fingerprint density at radius 1 is 1.21 bits per heavy atom. The van der Waals surface area contributed by atoms with Gasteiger partial charge in [-0.3, -0.25) is 14.9 Å². The van der Waals surface area contributed by atoms with E-state index in [1.54, 1.807) is 0 Å². The molecular formula is C18H19FN2O3. The number of halogens is 1. The second-order valence-corrected chi connectivity index (χ2v) is 5.82. The number of hydrogen-bond donors (Lipinski definition) is 1. The van der Waals surface area contributed by atoms with Crippen LogP contribution in [-0.2, 0) is 6.54 Å². The van der Waals surface area contributed by atoms with Crippen LogP contribution in [-0.4, -0.2) is 10.7 Å². The summed E-state index contributed by atoms with van der Waals surface area (Å²) < 4.78 is 13.4. The van der Waals surface area contributed by atoms with E-state index < -0.39 is 16.4 Å². The summed E-state index contributed by atoms with van der Waals surface area (Å²) in [4.78, 5) is 21.9. The monoisotopic (exact) mass is 330 g/mol. The van der Waals surface area contributed by atoms with Gasteiger partial charge < -0.3 is 5.32 Å². The number of anilines is 1. The molecule has 0 fully saturated rings. The molecule has 0 unspecified atom stereocenters. The third-order valence-corrected chi connectivity index (χ3v) is 4.10. The molecule has 0 amide bonds. The molecule has 0 aliphatic heterocycles. The Labute approximate surface area is 139 Å². The normalized spacial score (nSPS) is 10.5. The molecule has 6 heteroatoms. The summed E-state index contributed by atoms with van der Waals surface area (Å²) in [7, 11) is 0. The topological polar surface area (TPSA) is 72.2 Å². The highest BCUT2D eigenvalue weighted by atomic mass is 19.1. The minimum atomic E-state index is -0.868. The summed E-state index contributed by atoms with van der Waals surface area (Å²) in [6, 6.07) is 5.64. The van der Waals surface area contributed by atoms with Gasteiger partial charge in [0.05, 0.1) is 4.92 Å². The highest BCUT2D eigenvalue weighted by Gasteiger charge is 2.16. The van der Waals surface area contributed by atoms with Crippen LogP contribution in [0.2, 0.25) is 0 Å². The number of carbonyl (C=O) groups excluding carboxylic acids is 1. The molecule has 0 aromatic heterocycles. The first-order chi connectivity index (χ1) is 11.2. The molecule has 0 aliphatic rings. The number of rotatable bonds is 5. The van der Waals surface area contributed by atoms with Crippen LogP contribution in [0.3, 0.4) is 0 Å². The second-order valence-electron chi connectivity index (χ2n) is 5.82. The Balaban J connectivity index is 2.33. The summed E-state index contributed by atoms with van der Waals surface area (Å²) in [6.07, 6.45) is 0. The Kier molecular flexibility index (Phi) is 4.97. The van der Waals surface area contributed by atoms with Gasteiger partial charge in [-0.25, -0.2) is 0 Å². The molecule has 0 aliphatic carbocycles. The highest BCUT2D eigenvalue weighted by Crippen LogP contribution is 2.26. The predicted octanol–water partition coefficient (Wildman–Crippen LogP) is 4.47. The van der Waals surface area contributed by atoms with E-state index in [0.29, 0.717) is 17.8 Å². The minimum absolute atomic E-state index is 0.00340. The molecule has 0 saturated carbocycles. The van der Waals surface area contributed by atoms with Gasteiger partial charge in [0.25, 0.3) is 0 Å². The van der Waals surface area contributed by atoms with Crippen molar-refractivity contribution < 1.29 is 14.1 Å². The van der Waals surface area contributed by atoms with E-state index in [9.17, 15) is 19.3 Å². The molecule has 2 aromatic rings. The first-order valence-electron chi connectivity index (χ1n) is 7.50. The van der Waals surface area contributed by atoms with E-state index in [1.807, 2.05) is 26.8 Å². The minimum Gasteiger partial charge on any atom is -0.381 e. The van der Waals surface area contributed by atoms with Crippen LogP contribution in [0, 0.1) is 36.7 Å². The Morgan fingerprint density at radius 3 is 2.46 bits per heavy atom. The smallest absolute Gasteiger partial charge is 0.306 e. The van der Waals surface area contributed by atoms with Gasteiger partial charge in [0.2, 0.25) is 5.82 Å². The third kappa shape index (κ3) is 3.42. The van der Waals surface area contributed by atoms with Crippen LogP contribution in [0.15, 0.2) is 24.3 Å². The number of Topliss-reactive ketones (excluding diaryl/α,β-unsaturated/α-hetero) is 1. The summed E-state index contributed by atoms with van der Waals surface area (Å²) in [5.41, 5.74) is 4.38. The molecule has 0 atom stereocenters. The van der Waals surface area contributed by atoms with Gasteiger partial charge in [-0.2, -0.15) is 4.39 Å². The molecule has 0 spiro atoms. The molecule has 0 bridgehead atoms. The lowest BCUT2D eigenvalue weighted by Crippen LogP contribution is -2.09. The lowest BCUT2D eigenvalue weighted by Gasteiger charge is -2.17. The number of carbonyl (C=O) groups is 1. The van der Waals surface area contributed by atoms with Crippen molar-refractivity contribution in [3.8, 4) is 0 Å².